The van der Waals surface area contributed by atoms with E-state index in [1.165, 1.54) is 12.8 Å². The number of hydrogen-bond donors (Lipinski definition) is 2. The van der Waals surface area contributed by atoms with Crippen molar-refractivity contribution in [2.24, 2.45) is 0 Å². The molecule has 4 aliphatic heterocycles. The van der Waals surface area contributed by atoms with Gasteiger partial charge in [0.1, 0.15) is 17.9 Å². The summed E-state index contributed by atoms with van der Waals surface area (Å²) in [4.78, 5) is 17.9. The molecule has 0 radical (unpaired) electrons. The van der Waals surface area contributed by atoms with E-state index in [1.807, 2.05) is 36.5 Å². The van der Waals surface area contributed by atoms with Crippen molar-refractivity contribution < 1.29 is 13.9 Å². The van der Waals surface area contributed by atoms with Gasteiger partial charge in [-0.3, -0.25) is 4.90 Å². The molecule has 0 aliphatic carbocycles. The van der Waals surface area contributed by atoms with Crippen molar-refractivity contribution in [2.45, 2.75) is 62.8 Å². The fourth-order valence-corrected chi connectivity index (χ4v) is 8.02. The molecule has 4 aliphatic rings. The van der Waals surface area contributed by atoms with E-state index in [4.69, 9.17) is 19.4 Å². The van der Waals surface area contributed by atoms with E-state index in [0.29, 0.717) is 36.4 Å². The Kier molecular flexibility index (Phi) is 6.16. The van der Waals surface area contributed by atoms with Crippen molar-refractivity contribution in [3.05, 3.63) is 47.9 Å². The van der Waals surface area contributed by atoms with Crippen molar-refractivity contribution in [2.75, 3.05) is 44.8 Å². The number of anilines is 1. The predicted octanol–water partition coefficient (Wildman–Crippen LogP) is 5.01. The molecule has 2 aromatic heterocycles. The van der Waals surface area contributed by atoms with Gasteiger partial charge in [-0.25, -0.2) is 4.39 Å². The molecular weight excluding hydrogens is 519 g/mol. The van der Waals surface area contributed by atoms with Crippen LogP contribution in [0.5, 0.6) is 6.01 Å². The number of benzene rings is 2. The summed E-state index contributed by atoms with van der Waals surface area (Å²) in [6, 6.07) is 11.0. The first-order valence-corrected chi connectivity index (χ1v) is 15.1. The van der Waals surface area contributed by atoms with Crippen molar-refractivity contribution in [1.82, 2.24) is 25.2 Å². The van der Waals surface area contributed by atoms with E-state index >= 15 is 4.39 Å². The van der Waals surface area contributed by atoms with Gasteiger partial charge in [-0.05, 0) is 69.3 Å². The van der Waals surface area contributed by atoms with E-state index < -0.39 is 0 Å². The molecule has 41 heavy (non-hydrogen) atoms. The van der Waals surface area contributed by atoms with Crippen LogP contribution in [0, 0.1) is 5.82 Å². The van der Waals surface area contributed by atoms with Gasteiger partial charge in [-0.2, -0.15) is 9.97 Å². The van der Waals surface area contributed by atoms with Gasteiger partial charge in [0.15, 0.2) is 5.82 Å². The van der Waals surface area contributed by atoms with Gasteiger partial charge in [0.25, 0.3) is 0 Å². The molecule has 214 valence electrons. The molecule has 4 saturated heterocycles. The minimum atomic E-state index is -0.344. The van der Waals surface area contributed by atoms with Gasteiger partial charge < -0.3 is 24.7 Å². The molecule has 0 spiro atoms. The van der Waals surface area contributed by atoms with Crippen LogP contribution in [0.15, 0.2) is 36.5 Å². The van der Waals surface area contributed by atoms with E-state index in [2.05, 4.69) is 20.1 Å². The second kappa shape index (κ2) is 9.93. The van der Waals surface area contributed by atoms with Gasteiger partial charge in [0, 0.05) is 65.9 Å². The minimum Gasteiger partial charge on any atom is -0.461 e. The molecule has 0 amide bonds. The van der Waals surface area contributed by atoms with Crippen molar-refractivity contribution in [3.8, 4) is 17.1 Å². The quantitative estimate of drug-likeness (QED) is 0.331. The monoisotopic (exact) mass is 556 g/mol. The van der Waals surface area contributed by atoms with Crippen LogP contribution >= 0.6 is 0 Å². The minimum absolute atomic E-state index is 0.0643. The zero-order chi connectivity index (χ0) is 27.6. The molecular formula is C32H37FN6O2. The van der Waals surface area contributed by atoms with E-state index in [9.17, 15) is 0 Å². The van der Waals surface area contributed by atoms with Crippen LogP contribution < -0.4 is 15.0 Å². The predicted molar refractivity (Wildman–Crippen MR) is 158 cm³/mol. The summed E-state index contributed by atoms with van der Waals surface area (Å²) < 4.78 is 28.6. The lowest BCUT2D eigenvalue weighted by molar-refractivity contribution is 0.108. The maximum Gasteiger partial charge on any atom is 0.319 e. The normalized spacial score (nSPS) is 23.6. The van der Waals surface area contributed by atoms with Crippen molar-refractivity contribution >= 4 is 27.6 Å². The summed E-state index contributed by atoms with van der Waals surface area (Å²) >= 11 is 0. The van der Waals surface area contributed by atoms with Crippen LogP contribution in [0.2, 0.25) is 0 Å². The summed E-state index contributed by atoms with van der Waals surface area (Å²) in [6.07, 6.45) is 8.88. The maximum absolute atomic E-state index is 16.7. The Hall–Kier alpha value is -3.27. The molecule has 2 bridgehead atoms. The second-order valence-electron chi connectivity index (χ2n) is 12.4. The highest BCUT2D eigenvalue weighted by Crippen LogP contribution is 2.41. The number of ether oxygens (including phenoxy) is 2. The number of methoxy groups -OCH3 is 1. The van der Waals surface area contributed by atoms with Gasteiger partial charge in [-0.1, -0.05) is 18.2 Å². The number of aromatic nitrogens is 3. The van der Waals surface area contributed by atoms with E-state index in [1.54, 1.807) is 7.11 Å². The van der Waals surface area contributed by atoms with Crippen molar-refractivity contribution in [3.63, 3.8) is 0 Å². The summed E-state index contributed by atoms with van der Waals surface area (Å²) in [7, 11) is 1.68. The number of halogens is 1. The maximum atomic E-state index is 16.7. The van der Waals surface area contributed by atoms with Crippen LogP contribution in [-0.4, -0.2) is 77.4 Å². The number of hydrogen-bond acceptors (Lipinski definition) is 7. The highest BCUT2D eigenvalue weighted by Gasteiger charge is 2.45. The Morgan fingerprint density at radius 2 is 1.83 bits per heavy atom. The van der Waals surface area contributed by atoms with Crippen LogP contribution in [-0.2, 0) is 11.3 Å². The smallest absolute Gasteiger partial charge is 0.319 e. The molecule has 0 saturated carbocycles. The zero-order valence-electron chi connectivity index (χ0n) is 23.6. The summed E-state index contributed by atoms with van der Waals surface area (Å²) in [6.45, 7) is 4.97. The van der Waals surface area contributed by atoms with Gasteiger partial charge in [0.05, 0.1) is 12.1 Å². The molecule has 8 rings (SSSR count). The zero-order valence-corrected chi connectivity index (χ0v) is 23.6. The Bertz CT molecular complexity index is 1600. The lowest BCUT2D eigenvalue weighted by Crippen LogP contribution is -2.51. The van der Waals surface area contributed by atoms with Gasteiger partial charge >= 0.3 is 6.01 Å². The third kappa shape index (κ3) is 4.20. The number of piperazine rings is 1. The summed E-state index contributed by atoms with van der Waals surface area (Å²) in [5, 5.41) is 5.41. The number of aromatic amines is 1. The van der Waals surface area contributed by atoms with Crippen LogP contribution in [0.3, 0.4) is 0 Å². The first-order valence-electron chi connectivity index (χ1n) is 15.1. The number of H-pyrrole nitrogens is 1. The fraction of sp³-hybridized carbons (Fsp3) is 0.500. The average molecular weight is 557 g/mol. The molecule has 2 atom stereocenters. The van der Waals surface area contributed by atoms with Gasteiger partial charge in [0.2, 0.25) is 0 Å². The number of fused-ring (bicyclic) bond motifs is 5. The second-order valence-corrected chi connectivity index (χ2v) is 12.4. The highest BCUT2D eigenvalue weighted by molar-refractivity contribution is 6.01. The van der Waals surface area contributed by atoms with Crippen LogP contribution in [0.4, 0.5) is 10.2 Å². The molecule has 2 N–H and O–H groups in total. The fourth-order valence-electron chi connectivity index (χ4n) is 8.02. The molecule has 9 heteroatoms. The molecule has 0 unspecified atom stereocenters. The van der Waals surface area contributed by atoms with Gasteiger partial charge in [-0.15, -0.1) is 0 Å². The molecule has 4 aromatic rings. The molecule has 2 aromatic carbocycles. The number of nitrogens with zero attached hydrogens (tertiary/aromatic N) is 4. The number of rotatable bonds is 7. The first-order chi connectivity index (χ1) is 20.1. The lowest BCUT2D eigenvalue weighted by Gasteiger charge is -2.34. The third-order valence-corrected chi connectivity index (χ3v) is 9.95. The molecule has 6 heterocycles. The highest BCUT2D eigenvalue weighted by atomic mass is 19.1. The SMILES string of the molecule is COCc1cccc2[nH]cc(-c3ccc4c(N5C[C@H]6CC[C@@H](C5)N6)nc(OCC56CCCN5CCC6)nc4c3F)c12. The Labute approximate surface area is 239 Å². The Morgan fingerprint density at radius 1 is 1.02 bits per heavy atom. The van der Waals surface area contributed by atoms with Crippen LogP contribution in [0.25, 0.3) is 32.9 Å². The summed E-state index contributed by atoms with van der Waals surface area (Å²) in [5.41, 5.74) is 3.67. The largest absolute Gasteiger partial charge is 0.461 e. The van der Waals surface area contributed by atoms with E-state index in [0.717, 1.165) is 85.1 Å². The summed E-state index contributed by atoms with van der Waals surface area (Å²) in [5.74, 6) is 0.434. The topological polar surface area (TPSA) is 78.5 Å². The Balaban J connectivity index is 1.24. The lowest BCUT2D eigenvalue weighted by atomic mass is 9.95. The number of nitrogens with one attached hydrogen (secondary N) is 2. The Morgan fingerprint density at radius 3 is 2.61 bits per heavy atom. The first kappa shape index (κ1) is 25.4. The molecule has 8 nitrogen and oxygen atoms in total. The average Bonchev–Trinajstić information content (AvgIpc) is 3.76. The van der Waals surface area contributed by atoms with Crippen LogP contribution in [0.1, 0.15) is 44.1 Å². The third-order valence-electron chi connectivity index (χ3n) is 9.95. The van der Waals surface area contributed by atoms with Crippen molar-refractivity contribution in [1.29, 1.82) is 0 Å². The molecule has 4 fully saturated rings. The standard InChI is InChI=1S/C32H37FN6O2/c1-40-18-20-5-2-6-26-27(20)25(15-34-26)23-9-10-24-29(28(23)33)36-31(41-19-32-11-3-13-39(32)14-4-12-32)37-30(24)38-16-21-7-8-22(17-38)35-21/h2,5-6,9-10,15,21-22,34-35H,3-4,7-8,11-14,16-19H2,1H3/t21-,22+. The van der Waals surface area contributed by atoms with E-state index in [-0.39, 0.29) is 17.4 Å².